The maximum absolute atomic E-state index is 12.8. The summed E-state index contributed by atoms with van der Waals surface area (Å²) in [4.78, 5) is 41.0. The number of hydrogen-bond acceptors (Lipinski definition) is 8. The molecule has 11 heteroatoms. The molecule has 0 bridgehead atoms. The zero-order valence-corrected chi connectivity index (χ0v) is 23.5. The molecule has 200 valence electrons. The van der Waals surface area contributed by atoms with E-state index in [9.17, 15) is 9.59 Å². The van der Waals surface area contributed by atoms with E-state index in [-0.39, 0.29) is 11.8 Å². The first-order valence-electron chi connectivity index (χ1n) is 12.1. The Morgan fingerprint density at radius 1 is 1.00 bits per heavy atom. The average Bonchev–Trinajstić information content (AvgIpc) is 3.23. The molecule has 0 saturated heterocycles. The minimum atomic E-state index is -0.281. The number of rotatable bonds is 9. The van der Waals surface area contributed by atoms with Crippen LogP contribution in [0, 0.1) is 13.8 Å². The van der Waals surface area contributed by atoms with E-state index < -0.39 is 0 Å². The van der Waals surface area contributed by atoms with Crippen molar-refractivity contribution in [3.8, 4) is 10.6 Å². The summed E-state index contributed by atoms with van der Waals surface area (Å²) >= 11 is 7.90. The summed E-state index contributed by atoms with van der Waals surface area (Å²) in [5, 5.41) is 10.2. The second kappa shape index (κ2) is 12.6. The van der Waals surface area contributed by atoms with E-state index in [0.29, 0.717) is 45.8 Å². The van der Waals surface area contributed by atoms with Crippen LogP contribution in [0.2, 0.25) is 5.02 Å². The van der Waals surface area contributed by atoms with Crippen LogP contribution in [0.1, 0.15) is 21.1 Å². The monoisotopic (exact) mass is 561 g/mol. The predicted molar refractivity (Wildman–Crippen MR) is 158 cm³/mol. The van der Waals surface area contributed by atoms with Crippen molar-refractivity contribution < 1.29 is 9.59 Å². The molecule has 4 rings (SSSR count). The van der Waals surface area contributed by atoms with Gasteiger partial charge in [0.15, 0.2) is 0 Å². The van der Waals surface area contributed by atoms with E-state index in [1.165, 1.54) is 17.4 Å². The molecule has 0 radical (unpaired) electrons. The first-order valence-corrected chi connectivity index (χ1v) is 13.2. The Kier molecular flexibility index (Phi) is 9.03. The number of thiazole rings is 1. The molecule has 0 spiro atoms. The summed E-state index contributed by atoms with van der Waals surface area (Å²) < 4.78 is 0. The number of carbonyl (C=O) groups excluding carboxylic acids is 2. The highest BCUT2D eigenvalue weighted by Gasteiger charge is 2.15. The van der Waals surface area contributed by atoms with E-state index in [2.05, 4.69) is 30.9 Å². The topological polar surface area (TPSA) is 112 Å². The lowest BCUT2D eigenvalue weighted by molar-refractivity contribution is -0.111. The molecule has 0 aliphatic rings. The number of aryl methyl sites for hydroxylation is 2. The number of likely N-dealkylation sites (N-methyl/N-ethyl adjacent to an activating group) is 1. The fourth-order valence-electron chi connectivity index (χ4n) is 3.60. The number of amides is 2. The molecule has 0 aliphatic heterocycles. The Bertz CT molecular complexity index is 1520. The van der Waals surface area contributed by atoms with Gasteiger partial charge in [0.2, 0.25) is 11.9 Å². The van der Waals surface area contributed by atoms with Crippen LogP contribution in [0.5, 0.6) is 0 Å². The van der Waals surface area contributed by atoms with Gasteiger partial charge >= 0.3 is 0 Å². The summed E-state index contributed by atoms with van der Waals surface area (Å²) in [6, 6.07) is 13.9. The molecule has 2 aromatic carbocycles. The lowest BCUT2D eigenvalue weighted by Gasteiger charge is -2.10. The smallest absolute Gasteiger partial charge is 0.255 e. The molecule has 4 aromatic rings. The van der Waals surface area contributed by atoms with Gasteiger partial charge in [0, 0.05) is 35.2 Å². The summed E-state index contributed by atoms with van der Waals surface area (Å²) in [5.74, 6) is -0.137. The van der Waals surface area contributed by atoms with Crippen LogP contribution >= 0.6 is 22.9 Å². The van der Waals surface area contributed by atoms with Crippen LogP contribution in [-0.4, -0.2) is 52.3 Å². The van der Waals surface area contributed by atoms with E-state index in [4.69, 9.17) is 11.6 Å². The second-order valence-corrected chi connectivity index (χ2v) is 10.5. The largest absolute Gasteiger partial charge is 0.324 e. The van der Waals surface area contributed by atoms with E-state index >= 15 is 0 Å². The standard InChI is InChI=1S/C28H28ClN7O2S/c1-17-26(39-18(2)31-17)25-23(29)16-30-28(35-25)34-22-8-5-7-21(15-22)33-27(38)19-10-12-20(13-11-19)32-24(37)9-6-14-36(3)4/h5-13,15-16H,14H2,1-4H3,(H,32,37)(H,33,38)(H,30,34,35). The molecule has 2 amide bonds. The van der Waals surface area contributed by atoms with Crippen molar-refractivity contribution in [2.24, 2.45) is 0 Å². The first-order chi connectivity index (χ1) is 18.7. The van der Waals surface area contributed by atoms with Gasteiger partial charge in [-0.15, -0.1) is 11.3 Å². The average molecular weight is 562 g/mol. The Balaban J connectivity index is 1.40. The number of halogens is 1. The summed E-state index contributed by atoms with van der Waals surface area (Å²) in [7, 11) is 3.85. The van der Waals surface area contributed by atoms with Crippen LogP contribution in [-0.2, 0) is 4.79 Å². The third-order valence-corrected chi connectivity index (χ3v) is 6.75. The Morgan fingerprint density at radius 3 is 2.44 bits per heavy atom. The van der Waals surface area contributed by atoms with Crippen molar-refractivity contribution in [1.82, 2.24) is 19.9 Å². The lowest BCUT2D eigenvalue weighted by atomic mass is 10.2. The van der Waals surface area contributed by atoms with Crippen LogP contribution in [0.15, 0.2) is 66.9 Å². The van der Waals surface area contributed by atoms with E-state index in [1.54, 1.807) is 48.7 Å². The second-order valence-electron chi connectivity index (χ2n) is 8.93. The number of hydrogen-bond donors (Lipinski definition) is 3. The molecule has 3 N–H and O–H groups in total. The minimum absolute atomic E-state index is 0.229. The zero-order chi connectivity index (χ0) is 27.9. The first kappa shape index (κ1) is 27.9. The maximum atomic E-state index is 12.8. The minimum Gasteiger partial charge on any atom is -0.324 e. The van der Waals surface area contributed by atoms with Crippen molar-refractivity contribution in [3.63, 3.8) is 0 Å². The van der Waals surface area contributed by atoms with Gasteiger partial charge in [-0.05, 0) is 70.4 Å². The van der Waals surface area contributed by atoms with Gasteiger partial charge in [0.25, 0.3) is 5.91 Å². The number of aromatic nitrogens is 3. The highest BCUT2D eigenvalue weighted by atomic mass is 35.5. The molecule has 0 saturated carbocycles. The van der Waals surface area contributed by atoms with Crippen molar-refractivity contribution in [3.05, 3.63) is 88.2 Å². The fraction of sp³-hybridized carbons (Fsp3) is 0.179. The van der Waals surface area contributed by atoms with Crippen molar-refractivity contribution >= 4 is 57.8 Å². The van der Waals surface area contributed by atoms with Gasteiger partial charge in [-0.3, -0.25) is 9.59 Å². The summed E-state index contributed by atoms with van der Waals surface area (Å²) in [5.41, 5.74) is 3.82. The molecule has 0 atom stereocenters. The highest BCUT2D eigenvalue weighted by Crippen LogP contribution is 2.34. The van der Waals surface area contributed by atoms with Crippen molar-refractivity contribution in [2.75, 3.05) is 36.6 Å². The number of benzene rings is 2. The van der Waals surface area contributed by atoms with Gasteiger partial charge in [0.1, 0.15) is 5.69 Å². The Labute approximate surface area is 236 Å². The number of nitrogens with one attached hydrogen (secondary N) is 3. The van der Waals surface area contributed by atoms with Crippen LogP contribution in [0.25, 0.3) is 10.6 Å². The molecule has 2 heterocycles. The molecule has 2 aromatic heterocycles. The van der Waals surface area contributed by atoms with Gasteiger partial charge < -0.3 is 20.9 Å². The Hall–Kier alpha value is -4.12. The SMILES string of the molecule is Cc1nc(C)c(-c2nc(Nc3cccc(NC(=O)c4ccc(NC(=O)C=CCN(C)C)cc4)c3)ncc2Cl)s1. The van der Waals surface area contributed by atoms with Crippen LogP contribution in [0.3, 0.4) is 0 Å². The Morgan fingerprint density at radius 2 is 1.74 bits per heavy atom. The molecular weight excluding hydrogens is 534 g/mol. The van der Waals surface area contributed by atoms with Crippen molar-refractivity contribution in [2.45, 2.75) is 13.8 Å². The van der Waals surface area contributed by atoms with Crippen LogP contribution < -0.4 is 16.0 Å². The third kappa shape index (κ3) is 7.70. The molecule has 0 fully saturated rings. The predicted octanol–water partition coefficient (Wildman–Crippen LogP) is 5.92. The lowest BCUT2D eigenvalue weighted by Crippen LogP contribution is -2.13. The highest BCUT2D eigenvalue weighted by molar-refractivity contribution is 7.15. The summed E-state index contributed by atoms with van der Waals surface area (Å²) in [6.45, 7) is 4.53. The molecular formula is C28H28ClN7O2S. The number of nitrogens with zero attached hydrogens (tertiary/aromatic N) is 4. The van der Waals surface area contributed by atoms with Gasteiger partial charge in [-0.1, -0.05) is 23.7 Å². The van der Waals surface area contributed by atoms with Gasteiger partial charge in [0.05, 0.1) is 26.8 Å². The molecule has 9 nitrogen and oxygen atoms in total. The molecule has 0 unspecified atom stereocenters. The van der Waals surface area contributed by atoms with Crippen LogP contribution in [0.4, 0.5) is 23.0 Å². The molecule has 0 aliphatic carbocycles. The zero-order valence-electron chi connectivity index (χ0n) is 21.9. The van der Waals surface area contributed by atoms with E-state index in [0.717, 1.165) is 15.6 Å². The maximum Gasteiger partial charge on any atom is 0.255 e. The molecule has 39 heavy (non-hydrogen) atoms. The van der Waals surface area contributed by atoms with Crippen molar-refractivity contribution in [1.29, 1.82) is 0 Å². The quantitative estimate of drug-likeness (QED) is 0.217. The number of anilines is 4. The fourth-order valence-corrected chi connectivity index (χ4v) is 4.77. The normalized spacial score (nSPS) is 11.1. The summed E-state index contributed by atoms with van der Waals surface area (Å²) in [6.07, 6.45) is 4.82. The van der Waals surface area contributed by atoms with E-state index in [1.807, 2.05) is 45.0 Å². The number of carbonyl (C=O) groups is 2. The third-order valence-electron chi connectivity index (χ3n) is 5.39. The van der Waals surface area contributed by atoms with Gasteiger partial charge in [-0.2, -0.15) is 0 Å². The van der Waals surface area contributed by atoms with Gasteiger partial charge in [-0.25, -0.2) is 15.0 Å².